The molecule has 1 saturated carbocycles. The zero-order valence-electron chi connectivity index (χ0n) is 14.6. The summed E-state index contributed by atoms with van der Waals surface area (Å²) >= 11 is 0. The van der Waals surface area contributed by atoms with Crippen molar-refractivity contribution < 1.29 is 14.7 Å². The number of hydrogen-bond donors (Lipinski definition) is 3. The monoisotopic (exact) mass is 337 g/mol. The molecule has 1 aliphatic carbocycles. The minimum absolute atomic E-state index is 0.0509. The number of urea groups is 1. The van der Waals surface area contributed by atoms with E-state index in [1.165, 1.54) is 0 Å². The van der Waals surface area contributed by atoms with Crippen LogP contribution < -0.4 is 10.6 Å². The molecule has 2 amide bonds. The number of aromatic nitrogens is 2. The summed E-state index contributed by atoms with van der Waals surface area (Å²) in [5, 5.41) is 19.0. The van der Waals surface area contributed by atoms with E-state index in [4.69, 9.17) is 5.11 Å². The van der Waals surface area contributed by atoms with Gasteiger partial charge in [-0.05, 0) is 25.8 Å². The summed E-state index contributed by atoms with van der Waals surface area (Å²) in [7, 11) is 1.80. The van der Waals surface area contributed by atoms with Crippen LogP contribution in [0.2, 0.25) is 0 Å². The molecule has 24 heavy (non-hydrogen) atoms. The van der Waals surface area contributed by atoms with E-state index in [9.17, 15) is 9.59 Å². The van der Waals surface area contributed by atoms with Crippen molar-refractivity contribution in [3.8, 4) is 0 Å². The van der Waals surface area contributed by atoms with Gasteiger partial charge in [-0.25, -0.2) is 4.79 Å². The van der Waals surface area contributed by atoms with Gasteiger partial charge >= 0.3 is 12.0 Å². The van der Waals surface area contributed by atoms with Crippen LogP contribution in [-0.2, 0) is 18.3 Å². The zero-order chi connectivity index (χ0) is 17.7. The molecule has 2 rings (SSSR count). The Bertz CT molecular complexity index is 580. The Morgan fingerprint density at radius 3 is 2.71 bits per heavy atom. The highest BCUT2D eigenvalue weighted by molar-refractivity contribution is 5.88. The van der Waals surface area contributed by atoms with Gasteiger partial charge in [-0.3, -0.25) is 19.7 Å². The third-order valence-corrected chi connectivity index (χ3v) is 4.39. The topological polar surface area (TPSA) is 99.5 Å². The van der Waals surface area contributed by atoms with Gasteiger partial charge in [-0.1, -0.05) is 20.3 Å². The molecule has 0 spiro atoms. The Labute approximate surface area is 142 Å². The third-order valence-electron chi connectivity index (χ3n) is 4.39. The van der Waals surface area contributed by atoms with Gasteiger partial charge in [0, 0.05) is 25.2 Å². The molecule has 0 atom stereocenters. The van der Waals surface area contributed by atoms with Gasteiger partial charge in [-0.2, -0.15) is 5.10 Å². The van der Waals surface area contributed by atoms with Crippen molar-refractivity contribution >= 4 is 17.8 Å². The predicted octanol–water partition coefficient (Wildman–Crippen LogP) is 1.43. The molecule has 3 N–H and O–H groups in total. The van der Waals surface area contributed by atoms with E-state index in [1.807, 2.05) is 17.9 Å². The molecular formula is C16H27N5O3. The first-order chi connectivity index (χ1) is 11.4. The van der Waals surface area contributed by atoms with E-state index in [0.29, 0.717) is 12.4 Å². The molecule has 134 valence electrons. The number of carbonyl (C=O) groups excluding carboxylic acids is 1. The number of carboxylic acids is 1. The number of likely N-dealkylation sites (N-methyl/N-ethyl adjacent to an activating group) is 1. The molecule has 0 radical (unpaired) electrons. The van der Waals surface area contributed by atoms with Crippen LogP contribution in [0.3, 0.4) is 0 Å². The van der Waals surface area contributed by atoms with Gasteiger partial charge in [-0.15, -0.1) is 0 Å². The average Bonchev–Trinajstić information content (AvgIpc) is 2.80. The van der Waals surface area contributed by atoms with Crippen LogP contribution >= 0.6 is 0 Å². The van der Waals surface area contributed by atoms with E-state index in [0.717, 1.165) is 31.4 Å². The largest absolute Gasteiger partial charge is 0.480 e. The van der Waals surface area contributed by atoms with Crippen molar-refractivity contribution in [3.63, 3.8) is 0 Å². The lowest BCUT2D eigenvalue weighted by Crippen LogP contribution is -2.55. The lowest BCUT2D eigenvalue weighted by Gasteiger charge is -2.42. The Balaban J connectivity index is 1.77. The molecule has 0 saturated heterocycles. The van der Waals surface area contributed by atoms with E-state index in [2.05, 4.69) is 22.7 Å². The number of nitrogens with one attached hydrogen (secondary N) is 2. The number of amides is 2. The molecular weight excluding hydrogens is 310 g/mol. The lowest BCUT2D eigenvalue weighted by molar-refractivity contribution is -0.139. The summed E-state index contributed by atoms with van der Waals surface area (Å²) in [6, 6.07) is 1.95. The molecule has 0 aliphatic heterocycles. The van der Waals surface area contributed by atoms with Crippen molar-refractivity contribution in [1.29, 1.82) is 0 Å². The molecule has 8 nitrogen and oxygen atoms in total. The summed E-state index contributed by atoms with van der Waals surface area (Å²) in [6.45, 7) is 4.79. The summed E-state index contributed by atoms with van der Waals surface area (Å²) in [5.74, 6) is -0.141. The highest BCUT2D eigenvalue weighted by Crippen LogP contribution is 2.25. The number of rotatable bonds is 8. The summed E-state index contributed by atoms with van der Waals surface area (Å²) in [6.07, 6.45) is 3.45. The number of aryl methyl sites for hydroxylation is 2. The van der Waals surface area contributed by atoms with Crippen LogP contribution in [0.5, 0.6) is 0 Å². The van der Waals surface area contributed by atoms with E-state index in [-0.39, 0.29) is 24.7 Å². The number of carbonyl (C=O) groups is 2. The van der Waals surface area contributed by atoms with Crippen LogP contribution in [0.4, 0.5) is 10.6 Å². The van der Waals surface area contributed by atoms with Crippen molar-refractivity contribution in [1.82, 2.24) is 20.0 Å². The maximum Gasteiger partial charge on any atom is 0.320 e. The van der Waals surface area contributed by atoms with Gasteiger partial charge < -0.3 is 10.4 Å². The molecule has 0 bridgehead atoms. The fourth-order valence-electron chi connectivity index (χ4n) is 3.04. The fourth-order valence-corrected chi connectivity index (χ4v) is 3.04. The van der Waals surface area contributed by atoms with Gasteiger partial charge in [0.15, 0.2) is 0 Å². The number of nitrogens with zero attached hydrogens (tertiary/aromatic N) is 3. The van der Waals surface area contributed by atoms with E-state index in [1.54, 1.807) is 11.7 Å². The molecule has 1 aromatic heterocycles. The van der Waals surface area contributed by atoms with Crippen LogP contribution in [0.1, 0.15) is 38.8 Å². The summed E-state index contributed by atoms with van der Waals surface area (Å²) in [4.78, 5) is 24.8. The maximum atomic E-state index is 12.1. The second-order valence-electron chi connectivity index (χ2n) is 6.27. The second-order valence-corrected chi connectivity index (χ2v) is 6.27. The molecule has 1 fully saturated rings. The zero-order valence-corrected chi connectivity index (χ0v) is 14.6. The minimum atomic E-state index is -0.815. The fraction of sp³-hybridized carbons (Fsp3) is 0.688. The molecule has 0 aromatic carbocycles. The van der Waals surface area contributed by atoms with Crippen LogP contribution in [0.25, 0.3) is 0 Å². The first-order valence-electron chi connectivity index (χ1n) is 8.49. The van der Waals surface area contributed by atoms with Crippen LogP contribution in [-0.4, -0.2) is 57.0 Å². The van der Waals surface area contributed by atoms with E-state index >= 15 is 0 Å². The van der Waals surface area contributed by atoms with Crippen molar-refractivity contribution in [2.75, 3.05) is 18.4 Å². The molecule has 8 heteroatoms. The van der Waals surface area contributed by atoms with Gasteiger partial charge in [0.1, 0.15) is 5.82 Å². The van der Waals surface area contributed by atoms with Gasteiger partial charge in [0.2, 0.25) is 0 Å². The highest BCUT2D eigenvalue weighted by Gasteiger charge is 2.34. The average molecular weight is 337 g/mol. The number of anilines is 1. The Morgan fingerprint density at radius 2 is 2.12 bits per heavy atom. The quantitative estimate of drug-likeness (QED) is 0.666. The molecule has 1 aromatic rings. The van der Waals surface area contributed by atoms with E-state index < -0.39 is 5.97 Å². The summed E-state index contributed by atoms with van der Waals surface area (Å²) < 4.78 is 1.67. The first-order valence-corrected chi connectivity index (χ1v) is 8.49. The van der Waals surface area contributed by atoms with Crippen molar-refractivity contribution in [3.05, 3.63) is 11.8 Å². The maximum absolute atomic E-state index is 12.1. The van der Waals surface area contributed by atoms with Crippen LogP contribution in [0, 0.1) is 0 Å². The van der Waals surface area contributed by atoms with Gasteiger partial charge in [0.25, 0.3) is 0 Å². The van der Waals surface area contributed by atoms with Crippen molar-refractivity contribution in [2.24, 2.45) is 7.05 Å². The van der Waals surface area contributed by atoms with Crippen LogP contribution in [0.15, 0.2) is 6.07 Å². The Morgan fingerprint density at radius 1 is 1.42 bits per heavy atom. The smallest absolute Gasteiger partial charge is 0.320 e. The summed E-state index contributed by atoms with van der Waals surface area (Å²) in [5.41, 5.74) is 0.964. The van der Waals surface area contributed by atoms with Gasteiger partial charge in [0.05, 0.1) is 12.2 Å². The lowest BCUT2D eigenvalue weighted by atomic mass is 9.85. The minimum Gasteiger partial charge on any atom is -0.480 e. The molecule has 1 aliphatic rings. The second kappa shape index (κ2) is 8.14. The predicted molar refractivity (Wildman–Crippen MR) is 91.1 cm³/mol. The number of aliphatic carboxylic acids is 1. The highest BCUT2D eigenvalue weighted by atomic mass is 16.4. The normalized spacial score (nSPS) is 19.8. The third kappa shape index (κ3) is 4.70. The first kappa shape index (κ1) is 18.3. The Kier molecular flexibility index (Phi) is 6.19. The number of hydrogen-bond acceptors (Lipinski definition) is 4. The molecule has 0 unspecified atom stereocenters. The number of carboxylic acid groups (broad SMARTS) is 1. The Hall–Kier alpha value is -2.09. The van der Waals surface area contributed by atoms with Crippen molar-refractivity contribution in [2.45, 2.75) is 51.6 Å². The molecule has 1 heterocycles. The standard InChI is InChI=1S/C16H27N5O3/c1-4-6-11-9-14(20(3)19-11)18-16(24)17-12-7-13(8-12)21(5-2)10-15(22)23/h9,12-13H,4-8,10H2,1-3H3,(H,22,23)(H2,17,18,24). The SMILES string of the molecule is CCCc1cc(NC(=O)NC2CC(N(CC)CC(=O)O)C2)n(C)n1.